The molecule has 0 radical (unpaired) electrons. The molecule has 1 aliphatic carbocycles. The van der Waals surface area contributed by atoms with Gasteiger partial charge in [-0.25, -0.2) is 4.98 Å². The van der Waals surface area contributed by atoms with Crippen LogP contribution < -0.4 is 0 Å². The highest BCUT2D eigenvalue weighted by Crippen LogP contribution is 2.41. The van der Waals surface area contributed by atoms with Gasteiger partial charge in [-0.05, 0) is 44.1 Å². The summed E-state index contributed by atoms with van der Waals surface area (Å²) in [4.78, 5) is 22.4. The first-order chi connectivity index (χ1) is 10.3. The Morgan fingerprint density at radius 2 is 2.19 bits per heavy atom. The van der Waals surface area contributed by atoms with E-state index in [9.17, 15) is 4.79 Å². The largest absolute Gasteiger partial charge is 0.364 e. The summed E-state index contributed by atoms with van der Waals surface area (Å²) in [7, 11) is 0. The molecule has 1 saturated heterocycles. The van der Waals surface area contributed by atoms with Crippen molar-refractivity contribution in [3.8, 4) is 0 Å². The zero-order valence-electron chi connectivity index (χ0n) is 11.9. The molecular weight excluding hydrogens is 266 g/mol. The minimum absolute atomic E-state index is 0.0238. The van der Waals surface area contributed by atoms with Crippen LogP contribution in [-0.2, 0) is 0 Å². The highest BCUT2D eigenvalue weighted by Gasteiger charge is 2.34. The predicted octanol–water partition coefficient (Wildman–Crippen LogP) is 2.38. The van der Waals surface area contributed by atoms with Crippen LogP contribution >= 0.6 is 0 Å². The quantitative estimate of drug-likeness (QED) is 0.909. The first-order valence-corrected chi connectivity index (χ1v) is 7.68. The molecule has 2 aromatic rings. The van der Waals surface area contributed by atoms with E-state index in [1.807, 2.05) is 17.2 Å². The molecule has 2 fully saturated rings. The van der Waals surface area contributed by atoms with Crippen LogP contribution in [0, 0.1) is 0 Å². The lowest BCUT2D eigenvalue weighted by Crippen LogP contribution is -2.39. The van der Waals surface area contributed by atoms with Crippen LogP contribution in [0.25, 0.3) is 0 Å². The number of piperidine rings is 1. The highest BCUT2D eigenvalue weighted by molar-refractivity contribution is 5.96. The fourth-order valence-corrected chi connectivity index (χ4v) is 3.27. The lowest BCUT2D eigenvalue weighted by Gasteiger charge is -2.34. The van der Waals surface area contributed by atoms with Crippen molar-refractivity contribution < 1.29 is 4.79 Å². The molecule has 1 saturated carbocycles. The van der Waals surface area contributed by atoms with E-state index < -0.39 is 0 Å². The number of likely N-dealkylation sites (tertiary alicyclic amines) is 1. The molecule has 2 aromatic heterocycles. The van der Waals surface area contributed by atoms with Gasteiger partial charge in [0.05, 0.1) is 11.6 Å². The predicted molar refractivity (Wildman–Crippen MR) is 76.8 cm³/mol. The van der Waals surface area contributed by atoms with E-state index in [0.29, 0.717) is 5.92 Å². The van der Waals surface area contributed by atoms with Gasteiger partial charge >= 0.3 is 0 Å². The third kappa shape index (κ3) is 2.24. The van der Waals surface area contributed by atoms with Crippen LogP contribution in [0.4, 0.5) is 0 Å². The Hall–Kier alpha value is -2.11. The van der Waals surface area contributed by atoms with Crippen LogP contribution in [0.15, 0.2) is 18.6 Å². The van der Waals surface area contributed by atoms with Crippen molar-refractivity contribution in [2.24, 2.45) is 0 Å². The Balaban J connectivity index is 1.63. The van der Waals surface area contributed by atoms with Crippen molar-refractivity contribution in [2.45, 2.75) is 44.1 Å². The number of amides is 1. The maximum atomic E-state index is 13.0. The number of carbonyl (C=O) groups is 1. The van der Waals surface area contributed by atoms with E-state index >= 15 is 0 Å². The molecule has 6 nitrogen and oxygen atoms in total. The Labute approximate surface area is 123 Å². The SMILES string of the molecule is O=C(c1cc[nH]c1C1CC1)N1CCCCC1c1ncn[nH]1. The standard InChI is InChI=1S/C15H19N5O/c21-15(11-6-7-16-13(11)10-4-5-10)20-8-2-1-3-12(20)14-17-9-18-19-14/h6-7,9-10,12,16H,1-5,8H2,(H,17,18,19). The molecule has 1 aliphatic heterocycles. The topological polar surface area (TPSA) is 77.7 Å². The maximum Gasteiger partial charge on any atom is 0.256 e. The molecule has 0 spiro atoms. The van der Waals surface area contributed by atoms with Crippen LogP contribution in [-0.4, -0.2) is 37.5 Å². The molecule has 1 atom stereocenters. The van der Waals surface area contributed by atoms with Crippen molar-refractivity contribution in [3.05, 3.63) is 35.7 Å². The summed E-state index contributed by atoms with van der Waals surface area (Å²) >= 11 is 0. The van der Waals surface area contributed by atoms with Gasteiger partial charge < -0.3 is 9.88 Å². The van der Waals surface area contributed by atoms with Gasteiger partial charge in [-0.15, -0.1) is 0 Å². The maximum absolute atomic E-state index is 13.0. The van der Waals surface area contributed by atoms with Crippen molar-refractivity contribution in [1.82, 2.24) is 25.1 Å². The van der Waals surface area contributed by atoms with E-state index in [1.165, 1.54) is 19.2 Å². The highest BCUT2D eigenvalue weighted by atomic mass is 16.2. The lowest BCUT2D eigenvalue weighted by molar-refractivity contribution is 0.0599. The number of H-pyrrole nitrogens is 2. The molecule has 2 N–H and O–H groups in total. The molecule has 6 heteroatoms. The van der Waals surface area contributed by atoms with Crippen LogP contribution in [0.5, 0.6) is 0 Å². The third-order valence-electron chi connectivity index (χ3n) is 4.51. The summed E-state index contributed by atoms with van der Waals surface area (Å²) in [5.74, 6) is 1.47. The average Bonchev–Trinajstić information content (AvgIpc) is 3.05. The number of aromatic nitrogens is 4. The summed E-state index contributed by atoms with van der Waals surface area (Å²) in [6.45, 7) is 0.791. The van der Waals surface area contributed by atoms with Gasteiger partial charge in [0.25, 0.3) is 5.91 Å². The first kappa shape index (κ1) is 12.6. The fourth-order valence-electron chi connectivity index (χ4n) is 3.27. The van der Waals surface area contributed by atoms with Crippen LogP contribution in [0.2, 0.25) is 0 Å². The second-order valence-electron chi connectivity index (χ2n) is 5.96. The van der Waals surface area contributed by atoms with E-state index in [0.717, 1.165) is 42.9 Å². The van der Waals surface area contributed by atoms with Gasteiger partial charge in [0.15, 0.2) is 0 Å². The molecule has 2 aliphatic rings. The van der Waals surface area contributed by atoms with E-state index in [1.54, 1.807) is 0 Å². The smallest absolute Gasteiger partial charge is 0.256 e. The molecule has 1 amide bonds. The zero-order valence-corrected chi connectivity index (χ0v) is 11.9. The molecule has 4 rings (SSSR count). The van der Waals surface area contributed by atoms with E-state index in [4.69, 9.17) is 0 Å². The number of hydrogen-bond acceptors (Lipinski definition) is 3. The van der Waals surface area contributed by atoms with Crippen molar-refractivity contribution in [2.75, 3.05) is 6.54 Å². The summed E-state index contributed by atoms with van der Waals surface area (Å²) in [5, 5.41) is 6.85. The summed E-state index contributed by atoms with van der Waals surface area (Å²) in [5.41, 5.74) is 1.95. The fraction of sp³-hybridized carbons (Fsp3) is 0.533. The van der Waals surface area contributed by atoms with E-state index in [2.05, 4.69) is 20.2 Å². The van der Waals surface area contributed by atoms with Crippen molar-refractivity contribution in [1.29, 1.82) is 0 Å². The zero-order chi connectivity index (χ0) is 14.2. The van der Waals surface area contributed by atoms with Gasteiger partial charge in [-0.3, -0.25) is 9.89 Å². The Morgan fingerprint density at radius 1 is 1.29 bits per heavy atom. The Kier molecular flexibility index (Phi) is 3.02. The average molecular weight is 285 g/mol. The third-order valence-corrected chi connectivity index (χ3v) is 4.51. The minimum atomic E-state index is 0.0238. The van der Waals surface area contributed by atoms with Gasteiger partial charge in [0.2, 0.25) is 0 Å². The Bertz CT molecular complexity index is 628. The number of nitrogens with zero attached hydrogens (tertiary/aromatic N) is 3. The molecular formula is C15H19N5O. The van der Waals surface area contributed by atoms with Crippen molar-refractivity contribution >= 4 is 5.91 Å². The summed E-state index contributed by atoms with van der Waals surface area (Å²) < 4.78 is 0. The van der Waals surface area contributed by atoms with Gasteiger partial charge in [-0.1, -0.05) is 0 Å². The molecule has 3 heterocycles. The summed E-state index contributed by atoms with van der Waals surface area (Å²) in [6, 6.07) is 1.94. The van der Waals surface area contributed by atoms with E-state index in [-0.39, 0.29) is 11.9 Å². The van der Waals surface area contributed by atoms with Crippen LogP contribution in [0.3, 0.4) is 0 Å². The van der Waals surface area contributed by atoms with Gasteiger partial charge in [-0.2, -0.15) is 5.10 Å². The molecule has 0 bridgehead atoms. The lowest BCUT2D eigenvalue weighted by atomic mass is 10.00. The van der Waals surface area contributed by atoms with Gasteiger partial charge in [0.1, 0.15) is 12.2 Å². The second-order valence-corrected chi connectivity index (χ2v) is 5.96. The number of rotatable bonds is 3. The minimum Gasteiger partial charge on any atom is -0.364 e. The Morgan fingerprint density at radius 3 is 2.95 bits per heavy atom. The molecule has 110 valence electrons. The number of aromatic amines is 2. The summed E-state index contributed by atoms with van der Waals surface area (Å²) in [6.07, 6.45) is 8.90. The van der Waals surface area contributed by atoms with Crippen molar-refractivity contribution in [3.63, 3.8) is 0 Å². The van der Waals surface area contributed by atoms with Crippen LogP contribution in [0.1, 0.15) is 65.9 Å². The molecule has 1 unspecified atom stereocenters. The number of hydrogen-bond donors (Lipinski definition) is 2. The monoisotopic (exact) mass is 285 g/mol. The second kappa shape index (κ2) is 5.02. The first-order valence-electron chi connectivity index (χ1n) is 7.68. The molecule has 0 aromatic carbocycles. The normalized spacial score (nSPS) is 22.5. The number of nitrogens with one attached hydrogen (secondary N) is 2. The van der Waals surface area contributed by atoms with Gasteiger partial charge in [0, 0.05) is 18.4 Å². The number of carbonyl (C=O) groups excluding carboxylic acids is 1. The molecule has 21 heavy (non-hydrogen) atoms.